The number of nitrogens with two attached hydrogens (primary N) is 1. The molecule has 0 fully saturated rings. The summed E-state index contributed by atoms with van der Waals surface area (Å²) >= 11 is 0. The van der Waals surface area contributed by atoms with Crippen molar-refractivity contribution in [2.75, 3.05) is 0 Å². The summed E-state index contributed by atoms with van der Waals surface area (Å²) in [5.74, 6) is -0.190. The minimum absolute atomic E-state index is 0. The maximum atomic E-state index is 13.2. The van der Waals surface area contributed by atoms with E-state index in [1.807, 2.05) is 19.9 Å². The highest BCUT2D eigenvalue weighted by Gasteiger charge is 2.08. The molecule has 0 unspecified atom stereocenters. The Balaban J connectivity index is 0.00000144. The molecule has 1 atom stereocenters. The number of rotatable bonds is 2. The molecule has 13 heavy (non-hydrogen) atoms. The highest BCUT2D eigenvalue weighted by Crippen LogP contribution is 2.18. The molecule has 0 saturated carbocycles. The van der Waals surface area contributed by atoms with Gasteiger partial charge in [-0.15, -0.1) is 12.4 Å². The Morgan fingerprint density at radius 1 is 1.46 bits per heavy atom. The summed E-state index contributed by atoms with van der Waals surface area (Å²) in [5, 5.41) is 0. The minimum Gasteiger partial charge on any atom is -0.324 e. The van der Waals surface area contributed by atoms with Gasteiger partial charge < -0.3 is 5.73 Å². The molecule has 0 aliphatic heterocycles. The SMILES string of the molecule is CC[C@@H](N)c1ccc(C)cc1F.Cl. The van der Waals surface area contributed by atoms with Gasteiger partial charge in [0.2, 0.25) is 0 Å². The van der Waals surface area contributed by atoms with E-state index >= 15 is 0 Å². The summed E-state index contributed by atoms with van der Waals surface area (Å²) in [7, 11) is 0. The second-order valence-electron chi connectivity index (χ2n) is 3.04. The normalized spacial score (nSPS) is 12.0. The van der Waals surface area contributed by atoms with Crippen LogP contribution in [-0.4, -0.2) is 0 Å². The Morgan fingerprint density at radius 2 is 2.08 bits per heavy atom. The molecule has 3 heteroatoms. The molecule has 1 rings (SSSR count). The summed E-state index contributed by atoms with van der Waals surface area (Å²) in [6.07, 6.45) is 0.764. The minimum atomic E-state index is -0.190. The third-order valence-corrected chi connectivity index (χ3v) is 2.00. The summed E-state index contributed by atoms with van der Waals surface area (Å²) < 4.78 is 13.2. The zero-order valence-corrected chi connectivity index (χ0v) is 8.70. The molecule has 2 N–H and O–H groups in total. The van der Waals surface area contributed by atoms with Gasteiger partial charge in [-0.05, 0) is 25.0 Å². The van der Waals surface area contributed by atoms with Gasteiger partial charge in [-0.25, -0.2) is 4.39 Å². The lowest BCUT2D eigenvalue weighted by Crippen LogP contribution is -2.10. The van der Waals surface area contributed by atoms with Crippen molar-refractivity contribution in [3.05, 3.63) is 35.1 Å². The van der Waals surface area contributed by atoms with Crippen LogP contribution in [0, 0.1) is 12.7 Å². The molecule has 1 aromatic rings. The van der Waals surface area contributed by atoms with Crippen LogP contribution in [0.15, 0.2) is 18.2 Å². The summed E-state index contributed by atoms with van der Waals surface area (Å²) in [5.41, 5.74) is 7.25. The molecule has 0 heterocycles. The van der Waals surface area contributed by atoms with Crippen molar-refractivity contribution >= 4 is 12.4 Å². The lowest BCUT2D eigenvalue weighted by atomic mass is 10.0. The van der Waals surface area contributed by atoms with Crippen molar-refractivity contribution in [1.82, 2.24) is 0 Å². The second kappa shape index (κ2) is 5.20. The molecule has 0 amide bonds. The molecular weight excluding hydrogens is 189 g/mol. The largest absolute Gasteiger partial charge is 0.324 e. The lowest BCUT2D eigenvalue weighted by Gasteiger charge is -2.10. The Bertz CT molecular complexity index is 276. The van der Waals surface area contributed by atoms with Gasteiger partial charge in [-0.1, -0.05) is 19.1 Å². The molecule has 1 aromatic carbocycles. The summed E-state index contributed by atoms with van der Waals surface area (Å²) in [4.78, 5) is 0. The fourth-order valence-corrected chi connectivity index (χ4v) is 1.15. The first-order valence-electron chi connectivity index (χ1n) is 4.16. The van der Waals surface area contributed by atoms with Crippen molar-refractivity contribution in [3.8, 4) is 0 Å². The monoisotopic (exact) mass is 203 g/mol. The van der Waals surface area contributed by atoms with Crippen LogP contribution in [0.4, 0.5) is 4.39 Å². The van der Waals surface area contributed by atoms with Gasteiger partial charge in [0.25, 0.3) is 0 Å². The van der Waals surface area contributed by atoms with Crippen LogP contribution in [0.25, 0.3) is 0 Å². The maximum Gasteiger partial charge on any atom is 0.128 e. The van der Waals surface area contributed by atoms with Gasteiger partial charge in [0, 0.05) is 11.6 Å². The van der Waals surface area contributed by atoms with Gasteiger partial charge in [0.15, 0.2) is 0 Å². The van der Waals surface area contributed by atoms with Crippen LogP contribution >= 0.6 is 12.4 Å². The van der Waals surface area contributed by atoms with Crippen LogP contribution in [-0.2, 0) is 0 Å². The third kappa shape index (κ3) is 2.98. The Kier molecular flexibility index (Phi) is 4.96. The first-order valence-corrected chi connectivity index (χ1v) is 4.16. The molecule has 0 saturated heterocycles. The molecule has 0 aliphatic rings. The molecule has 0 bridgehead atoms. The summed E-state index contributed by atoms with van der Waals surface area (Å²) in [6, 6.07) is 4.99. The molecule has 74 valence electrons. The smallest absolute Gasteiger partial charge is 0.128 e. The van der Waals surface area contributed by atoms with Gasteiger partial charge in [-0.2, -0.15) is 0 Å². The maximum absolute atomic E-state index is 13.2. The summed E-state index contributed by atoms with van der Waals surface area (Å²) in [6.45, 7) is 3.81. The molecule has 0 spiro atoms. The van der Waals surface area contributed by atoms with E-state index in [1.54, 1.807) is 6.07 Å². The lowest BCUT2D eigenvalue weighted by molar-refractivity contribution is 0.574. The van der Waals surface area contributed by atoms with Crippen LogP contribution in [0.3, 0.4) is 0 Å². The fraction of sp³-hybridized carbons (Fsp3) is 0.400. The molecular formula is C10H15ClFN. The van der Waals surface area contributed by atoms with E-state index in [9.17, 15) is 4.39 Å². The van der Waals surface area contributed by atoms with Crippen molar-refractivity contribution in [3.63, 3.8) is 0 Å². The Labute approximate surface area is 84.5 Å². The van der Waals surface area contributed by atoms with E-state index in [-0.39, 0.29) is 24.3 Å². The van der Waals surface area contributed by atoms with Gasteiger partial charge in [-0.3, -0.25) is 0 Å². The molecule has 0 aliphatic carbocycles. The number of benzene rings is 1. The van der Waals surface area contributed by atoms with E-state index in [4.69, 9.17) is 5.73 Å². The van der Waals surface area contributed by atoms with Crippen molar-refractivity contribution in [1.29, 1.82) is 0 Å². The average Bonchev–Trinajstić information content (AvgIpc) is 2.03. The first-order chi connectivity index (χ1) is 5.65. The van der Waals surface area contributed by atoms with E-state index in [2.05, 4.69) is 0 Å². The highest BCUT2D eigenvalue weighted by molar-refractivity contribution is 5.85. The second-order valence-corrected chi connectivity index (χ2v) is 3.04. The van der Waals surface area contributed by atoms with Crippen molar-refractivity contribution < 1.29 is 4.39 Å². The number of hydrogen-bond acceptors (Lipinski definition) is 1. The molecule has 0 radical (unpaired) electrons. The average molecular weight is 204 g/mol. The van der Waals surface area contributed by atoms with Crippen molar-refractivity contribution in [2.45, 2.75) is 26.3 Å². The zero-order valence-electron chi connectivity index (χ0n) is 7.88. The van der Waals surface area contributed by atoms with Gasteiger partial charge in [0.1, 0.15) is 5.82 Å². The van der Waals surface area contributed by atoms with Crippen LogP contribution in [0.5, 0.6) is 0 Å². The molecule has 1 nitrogen and oxygen atoms in total. The van der Waals surface area contributed by atoms with Gasteiger partial charge in [0.05, 0.1) is 0 Å². The highest BCUT2D eigenvalue weighted by atomic mass is 35.5. The number of halogens is 2. The van der Waals surface area contributed by atoms with E-state index < -0.39 is 0 Å². The topological polar surface area (TPSA) is 26.0 Å². The zero-order chi connectivity index (χ0) is 9.14. The fourth-order valence-electron chi connectivity index (χ4n) is 1.15. The van der Waals surface area contributed by atoms with Gasteiger partial charge >= 0.3 is 0 Å². The predicted octanol–water partition coefficient (Wildman–Crippen LogP) is 2.97. The first kappa shape index (κ1) is 12.4. The van der Waals surface area contributed by atoms with E-state index in [0.717, 1.165) is 12.0 Å². The van der Waals surface area contributed by atoms with Crippen LogP contribution in [0.2, 0.25) is 0 Å². The number of hydrogen-bond donors (Lipinski definition) is 1. The van der Waals surface area contributed by atoms with E-state index in [1.165, 1.54) is 6.07 Å². The Morgan fingerprint density at radius 3 is 2.54 bits per heavy atom. The van der Waals surface area contributed by atoms with Crippen LogP contribution < -0.4 is 5.73 Å². The quantitative estimate of drug-likeness (QED) is 0.786. The molecule has 0 aromatic heterocycles. The predicted molar refractivity (Wildman–Crippen MR) is 55.6 cm³/mol. The van der Waals surface area contributed by atoms with Crippen LogP contribution in [0.1, 0.15) is 30.5 Å². The van der Waals surface area contributed by atoms with E-state index in [0.29, 0.717) is 5.56 Å². The third-order valence-electron chi connectivity index (χ3n) is 2.00. The number of aryl methyl sites for hydroxylation is 1. The Hall–Kier alpha value is -0.600. The van der Waals surface area contributed by atoms with Crippen molar-refractivity contribution in [2.24, 2.45) is 5.73 Å². The standard InChI is InChI=1S/C10H14FN.ClH/c1-3-10(12)8-5-4-7(2)6-9(8)11;/h4-6,10H,3,12H2,1-2H3;1H/t10-;/m1./s1.